The van der Waals surface area contributed by atoms with Gasteiger partial charge in [0.25, 0.3) is 5.91 Å². The van der Waals surface area contributed by atoms with E-state index in [4.69, 9.17) is 11.6 Å². The zero-order valence-electron chi connectivity index (χ0n) is 11.1. The largest absolute Gasteiger partial charge is 0.358 e. The molecule has 0 aliphatic carbocycles. The number of hydrogen-bond donors (Lipinski definition) is 2. The van der Waals surface area contributed by atoms with Crippen LogP contribution < -0.4 is 10.6 Å². The number of anilines is 2. The monoisotopic (exact) mass is 286 g/mol. The number of carbonyl (C=O) groups excluding carboxylic acids is 1. The molecule has 2 aromatic rings. The third kappa shape index (κ3) is 3.87. The number of allylic oxidation sites excluding steroid dienone is 1. The van der Waals surface area contributed by atoms with Crippen LogP contribution in [0.3, 0.4) is 0 Å². The molecule has 0 atom stereocenters. The number of amides is 1. The molecule has 3 nitrogen and oxygen atoms in total. The van der Waals surface area contributed by atoms with Crippen molar-refractivity contribution in [1.29, 1.82) is 0 Å². The first kappa shape index (κ1) is 14.2. The molecule has 4 heteroatoms. The van der Waals surface area contributed by atoms with E-state index in [0.29, 0.717) is 11.4 Å². The molecule has 2 N–H and O–H groups in total. The van der Waals surface area contributed by atoms with E-state index in [1.807, 2.05) is 60.7 Å². The molecule has 0 spiro atoms. The van der Waals surface area contributed by atoms with Crippen molar-refractivity contribution in [2.24, 2.45) is 0 Å². The molecule has 0 heterocycles. The first-order valence-corrected chi connectivity index (χ1v) is 6.59. The van der Waals surface area contributed by atoms with E-state index >= 15 is 0 Å². The van der Waals surface area contributed by atoms with Crippen LogP contribution >= 0.6 is 11.6 Å². The van der Waals surface area contributed by atoms with Crippen molar-refractivity contribution in [3.8, 4) is 0 Å². The lowest BCUT2D eigenvalue weighted by atomic mass is 10.3. The first-order chi connectivity index (χ1) is 9.66. The molecule has 1 amide bonds. The minimum atomic E-state index is -0.334. The summed E-state index contributed by atoms with van der Waals surface area (Å²) in [5.74, 6) is -0.334. The third-order valence-corrected chi connectivity index (χ3v) is 3.12. The van der Waals surface area contributed by atoms with Crippen molar-refractivity contribution in [2.45, 2.75) is 6.92 Å². The van der Waals surface area contributed by atoms with Crippen molar-refractivity contribution in [3.05, 3.63) is 71.4 Å². The Morgan fingerprint density at radius 1 is 0.850 bits per heavy atom. The van der Waals surface area contributed by atoms with Crippen molar-refractivity contribution in [1.82, 2.24) is 0 Å². The van der Waals surface area contributed by atoms with Crippen LogP contribution in [0.2, 0.25) is 0 Å². The average molecular weight is 287 g/mol. The Kier molecular flexibility index (Phi) is 4.80. The summed E-state index contributed by atoms with van der Waals surface area (Å²) in [6, 6.07) is 18.8. The van der Waals surface area contributed by atoms with Crippen LogP contribution in [0.5, 0.6) is 0 Å². The Labute approximate surface area is 123 Å². The summed E-state index contributed by atoms with van der Waals surface area (Å²) in [6.45, 7) is 1.76. The lowest BCUT2D eigenvalue weighted by Crippen LogP contribution is -2.14. The van der Waals surface area contributed by atoms with Crippen LogP contribution in [0, 0.1) is 0 Å². The Hall–Kier alpha value is -2.26. The van der Waals surface area contributed by atoms with Crippen LogP contribution in [0.25, 0.3) is 0 Å². The molecule has 20 heavy (non-hydrogen) atoms. The highest BCUT2D eigenvalue weighted by Gasteiger charge is 2.10. The number of halogens is 1. The number of rotatable bonds is 4. The summed E-state index contributed by atoms with van der Waals surface area (Å²) < 4.78 is 0. The quantitative estimate of drug-likeness (QED) is 0.827. The van der Waals surface area contributed by atoms with Gasteiger partial charge in [0.05, 0.1) is 0 Å². The SMILES string of the molecule is CC(Nc1ccccc1)=C(Cl)C(=O)Nc1ccccc1. The Bertz CT molecular complexity index is 609. The minimum absolute atomic E-state index is 0.137. The molecule has 0 aliphatic rings. The van der Waals surface area contributed by atoms with E-state index in [2.05, 4.69) is 10.6 Å². The van der Waals surface area contributed by atoms with Crippen molar-refractivity contribution < 1.29 is 4.79 Å². The maximum Gasteiger partial charge on any atom is 0.268 e. The van der Waals surface area contributed by atoms with Crippen molar-refractivity contribution >= 4 is 28.9 Å². The zero-order chi connectivity index (χ0) is 14.4. The smallest absolute Gasteiger partial charge is 0.268 e. The van der Waals surface area contributed by atoms with E-state index in [1.165, 1.54) is 0 Å². The van der Waals surface area contributed by atoms with Gasteiger partial charge in [0, 0.05) is 17.1 Å². The molecule has 0 saturated carbocycles. The molecule has 0 saturated heterocycles. The number of benzene rings is 2. The fourth-order valence-corrected chi connectivity index (χ4v) is 1.77. The Morgan fingerprint density at radius 2 is 1.30 bits per heavy atom. The second-order valence-corrected chi connectivity index (χ2v) is 4.63. The van der Waals surface area contributed by atoms with Crippen LogP contribution in [0.1, 0.15) is 6.92 Å². The molecule has 2 aromatic carbocycles. The molecule has 102 valence electrons. The first-order valence-electron chi connectivity index (χ1n) is 6.21. The van der Waals surface area contributed by atoms with Gasteiger partial charge < -0.3 is 10.6 Å². The minimum Gasteiger partial charge on any atom is -0.358 e. The summed E-state index contributed by atoms with van der Waals surface area (Å²) in [5, 5.41) is 5.97. The number of nitrogens with one attached hydrogen (secondary N) is 2. The average Bonchev–Trinajstić information content (AvgIpc) is 2.48. The predicted octanol–water partition coefficient (Wildman–Crippen LogP) is 4.21. The van der Waals surface area contributed by atoms with Gasteiger partial charge in [-0.25, -0.2) is 0 Å². The highest BCUT2D eigenvalue weighted by molar-refractivity contribution is 6.44. The van der Waals surface area contributed by atoms with Gasteiger partial charge in [-0.05, 0) is 31.2 Å². The summed E-state index contributed by atoms with van der Waals surface area (Å²) in [7, 11) is 0. The Morgan fingerprint density at radius 3 is 1.80 bits per heavy atom. The van der Waals surface area contributed by atoms with Crippen molar-refractivity contribution in [3.63, 3.8) is 0 Å². The van der Waals surface area contributed by atoms with Gasteiger partial charge >= 0.3 is 0 Å². The van der Waals surface area contributed by atoms with Gasteiger partial charge in [-0.1, -0.05) is 48.0 Å². The maximum absolute atomic E-state index is 12.0. The fraction of sp³-hybridized carbons (Fsp3) is 0.0625. The van der Waals surface area contributed by atoms with E-state index in [1.54, 1.807) is 6.92 Å². The molecular formula is C16H15ClN2O. The lowest BCUT2D eigenvalue weighted by molar-refractivity contribution is -0.112. The maximum atomic E-state index is 12.0. The molecule has 0 bridgehead atoms. The highest BCUT2D eigenvalue weighted by atomic mass is 35.5. The fourth-order valence-electron chi connectivity index (χ4n) is 1.67. The number of carbonyl (C=O) groups is 1. The number of para-hydroxylation sites is 2. The summed E-state index contributed by atoms with van der Waals surface area (Å²) in [5.41, 5.74) is 2.20. The summed E-state index contributed by atoms with van der Waals surface area (Å²) in [4.78, 5) is 12.0. The zero-order valence-corrected chi connectivity index (χ0v) is 11.8. The van der Waals surface area contributed by atoms with Gasteiger partial charge in [-0.3, -0.25) is 4.79 Å². The van der Waals surface area contributed by atoms with Gasteiger partial charge in [-0.15, -0.1) is 0 Å². The van der Waals surface area contributed by atoms with Crippen LogP contribution in [-0.4, -0.2) is 5.91 Å². The lowest BCUT2D eigenvalue weighted by Gasteiger charge is -2.10. The molecule has 2 rings (SSSR count). The van der Waals surface area contributed by atoms with E-state index in [-0.39, 0.29) is 10.9 Å². The predicted molar refractivity (Wildman–Crippen MR) is 83.7 cm³/mol. The molecule has 0 aliphatic heterocycles. The van der Waals surface area contributed by atoms with Crippen molar-refractivity contribution in [2.75, 3.05) is 10.6 Å². The molecule has 0 radical (unpaired) electrons. The van der Waals surface area contributed by atoms with Gasteiger partial charge in [-0.2, -0.15) is 0 Å². The molecule has 0 unspecified atom stereocenters. The second-order valence-electron chi connectivity index (χ2n) is 4.25. The van der Waals surface area contributed by atoms with Crippen LogP contribution in [-0.2, 0) is 4.79 Å². The third-order valence-electron chi connectivity index (χ3n) is 2.67. The van der Waals surface area contributed by atoms with Crippen LogP contribution in [0.15, 0.2) is 71.4 Å². The molecule has 0 fully saturated rings. The number of hydrogen-bond acceptors (Lipinski definition) is 2. The molecule has 0 aromatic heterocycles. The van der Waals surface area contributed by atoms with E-state index in [9.17, 15) is 4.79 Å². The molecular weight excluding hydrogens is 272 g/mol. The van der Waals surface area contributed by atoms with Gasteiger partial charge in [0.2, 0.25) is 0 Å². The standard InChI is InChI=1S/C16H15ClN2O/c1-12(18-13-8-4-2-5-9-13)15(17)16(20)19-14-10-6-3-7-11-14/h2-11,18H,1H3,(H,19,20). The normalized spacial score (nSPS) is 11.5. The second kappa shape index (κ2) is 6.78. The summed E-state index contributed by atoms with van der Waals surface area (Å²) in [6.07, 6.45) is 0. The highest BCUT2D eigenvalue weighted by Crippen LogP contribution is 2.16. The van der Waals surface area contributed by atoms with Crippen LogP contribution in [0.4, 0.5) is 11.4 Å². The Balaban J connectivity index is 2.06. The summed E-state index contributed by atoms with van der Waals surface area (Å²) >= 11 is 6.09. The van der Waals surface area contributed by atoms with Gasteiger partial charge in [0.15, 0.2) is 0 Å². The van der Waals surface area contributed by atoms with E-state index in [0.717, 1.165) is 5.69 Å². The van der Waals surface area contributed by atoms with Gasteiger partial charge in [0.1, 0.15) is 5.03 Å². The van der Waals surface area contributed by atoms with E-state index < -0.39 is 0 Å². The topological polar surface area (TPSA) is 41.1 Å².